The number of ether oxygens (including phenoxy) is 1. The smallest absolute Gasteiger partial charge is 0.0823 e. The van der Waals surface area contributed by atoms with Crippen LogP contribution < -0.4 is 5.32 Å². The van der Waals surface area contributed by atoms with Gasteiger partial charge in [0.05, 0.1) is 12.7 Å². The quantitative estimate of drug-likeness (QED) is 0.884. The number of hydrogen-bond acceptors (Lipinski definition) is 3. The minimum absolute atomic E-state index is 0.422. The summed E-state index contributed by atoms with van der Waals surface area (Å²) < 4.78 is 6.62. The molecule has 0 aromatic carbocycles. The number of aromatic nitrogens is 1. The molecule has 0 unspecified atom stereocenters. The van der Waals surface area contributed by atoms with Gasteiger partial charge in [-0.1, -0.05) is 0 Å². The molecule has 0 aliphatic carbocycles. The van der Waals surface area contributed by atoms with Crippen molar-refractivity contribution in [3.8, 4) is 0 Å². The Kier molecular flexibility index (Phi) is 3.50. The predicted molar refractivity (Wildman–Crippen MR) is 58.3 cm³/mol. The van der Waals surface area contributed by atoms with Gasteiger partial charge in [-0.3, -0.25) is 4.98 Å². The van der Waals surface area contributed by atoms with Crippen molar-refractivity contribution >= 4 is 15.9 Å². The molecule has 1 N–H and O–H groups in total. The molecule has 14 heavy (non-hydrogen) atoms. The molecule has 0 amide bonds. The lowest BCUT2D eigenvalue weighted by Crippen LogP contribution is -2.48. The molecular formula is C10H13BrN2O. The Morgan fingerprint density at radius 1 is 1.50 bits per heavy atom. The maximum absolute atomic E-state index is 5.60. The first-order valence-electron chi connectivity index (χ1n) is 4.77. The highest BCUT2D eigenvalue weighted by atomic mass is 79.9. The van der Waals surface area contributed by atoms with Crippen LogP contribution in [0.1, 0.15) is 5.69 Å². The first-order valence-corrected chi connectivity index (χ1v) is 5.56. The van der Waals surface area contributed by atoms with Crippen LogP contribution in [0.4, 0.5) is 0 Å². The van der Waals surface area contributed by atoms with Gasteiger partial charge in [0, 0.05) is 35.9 Å². The zero-order valence-electron chi connectivity index (χ0n) is 7.87. The fourth-order valence-electron chi connectivity index (χ4n) is 1.26. The van der Waals surface area contributed by atoms with Crippen LogP contribution in [0, 0.1) is 0 Å². The highest BCUT2D eigenvalue weighted by molar-refractivity contribution is 9.10. The number of halogens is 1. The molecule has 0 spiro atoms. The summed E-state index contributed by atoms with van der Waals surface area (Å²) in [6.07, 6.45) is 3.13. The highest BCUT2D eigenvalue weighted by Crippen LogP contribution is 2.08. The molecule has 2 rings (SSSR count). The van der Waals surface area contributed by atoms with Crippen molar-refractivity contribution in [2.75, 3.05) is 19.7 Å². The molecule has 1 aromatic heterocycles. The number of rotatable bonds is 4. The SMILES string of the molecule is Brc1ccc(CCOC2CNC2)nc1. The molecule has 76 valence electrons. The average Bonchev–Trinajstić information content (AvgIpc) is 2.12. The second kappa shape index (κ2) is 4.87. The van der Waals surface area contributed by atoms with Crippen molar-refractivity contribution in [2.24, 2.45) is 0 Å². The zero-order valence-corrected chi connectivity index (χ0v) is 9.46. The Labute approximate surface area is 92.0 Å². The minimum atomic E-state index is 0.422. The summed E-state index contributed by atoms with van der Waals surface area (Å²) in [7, 11) is 0. The van der Waals surface area contributed by atoms with Crippen molar-refractivity contribution in [2.45, 2.75) is 12.5 Å². The van der Waals surface area contributed by atoms with E-state index in [4.69, 9.17) is 4.74 Å². The van der Waals surface area contributed by atoms with Gasteiger partial charge in [-0.2, -0.15) is 0 Å². The van der Waals surface area contributed by atoms with Gasteiger partial charge in [0.1, 0.15) is 0 Å². The number of hydrogen-bond donors (Lipinski definition) is 1. The van der Waals surface area contributed by atoms with Crippen LogP contribution >= 0.6 is 15.9 Å². The normalized spacial score (nSPS) is 16.6. The van der Waals surface area contributed by atoms with E-state index in [0.29, 0.717) is 6.10 Å². The zero-order chi connectivity index (χ0) is 9.80. The molecule has 0 atom stereocenters. The summed E-state index contributed by atoms with van der Waals surface area (Å²) in [5.41, 5.74) is 1.08. The lowest BCUT2D eigenvalue weighted by Gasteiger charge is -2.26. The van der Waals surface area contributed by atoms with Gasteiger partial charge in [0.15, 0.2) is 0 Å². The van der Waals surface area contributed by atoms with E-state index in [2.05, 4.69) is 26.2 Å². The molecule has 1 saturated heterocycles. The second-order valence-electron chi connectivity index (χ2n) is 3.37. The fourth-order valence-corrected chi connectivity index (χ4v) is 1.50. The van der Waals surface area contributed by atoms with Crippen LogP contribution in [-0.4, -0.2) is 30.8 Å². The maximum Gasteiger partial charge on any atom is 0.0823 e. The van der Waals surface area contributed by atoms with E-state index in [1.54, 1.807) is 0 Å². The van der Waals surface area contributed by atoms with E-state index >= 15 is 0 Å². The lowest BCUT2D eigenvalue weighted by molar-refractivity contribution is 0.0205. The third-order valence-corrected chi connectivity index (χ3v) is 2.71. The second-order valence-corrected chi connectivity index (χ2v) is 4.28. The summed E-state index contributed by atoms with van der Waals surface area (Å²) in [5, 5.41) is 3.17. The van der Waals surface area contributed by atoms with Gasteiger partial charge >= 0.3 is 0 Å². The van der Waals surface area contributed by atoms with Gasteiger partial charge in [-0.05, 0) is 28.1 Å². The van der Waals surface area contributed by atoms with Crippen molar-refractivity contribution < 1.29 is 4.74 Å². The molecule has 0 radical (unpaired) electrons. The molecular weight excluding hydrogens is 244 g/mol. The Hall–Kier alpha value is -0.450. The van der Waals surface area contributed by atoms with Gasteiger partial charge in [0.25, 0.3) is 0 Å². The monoisotopic (exact) mass is 256 g/mol. The Bertz CT molecular complexity index is 285. The highest BCUT2D eigenvalue weighted by Gasteiger charge is 2.16. The van der Waals surface area contributed by atoms with E-state index < -0.39 is 0 Å². The van der Waals surface area contributed by atoms with Crippen LogP contribution in [0.15, 0.2) is 22.8 Å². The van der Waals surface area contributed by atoms with E-state index in [9.17, 15) is 0 Å². The number of nitrogens with zero attached hydrogens (tertiary/aromatic N) is 1. The Morgan fingerprint density at radius 2 is 2.36 bits per heavy atom. The molecule has 0 bridgehead atoms. The summed E-state index contributed by atoms with van der Waals surface area (Å²) in [4.78, 5) is 4.28. The fraction of sp³-hybridized carbons (Fsp3) is 0.500. The molecule has 1 aliphatic heterocycles. The maximum atomic E-state index is 5.60. The molecule has 2 heterocycles. The third-order valence-electron chi connectivity index (χ3n) is 2.24. The van der Waals surface area contributed by atoms with Gasteiger partial charge < -0.3 is 10.1 Å². The topological polar surface area (TPSA) is 34.1 Å². The molecule has 1 fully saturated rings. The van der Waals surface area contributed by atoms with E-state index in [0.717, 1.165) is 36.3 Å². The Balaban J connectivity index is 1.71. The van der Waals surface area contributed by atoms with Crippen molar-refractivity contribution in [3.05, 3.63) is 28.5 Å². The molecule has 3 nitrogen and oxygen atoms in total. The number of pyridine rings is 1. The van der Waals surface area contributed by atoms with Gasteiger partial charge in [0.2, 0.25) is 0 Å². The van der Waals surface area contributed by atoms with Crippen LogP contribution in [0.25, 0.3) is 0 Å². The standard InChI is InChI=1S/C10H13BrN2O/c11-8-1-2-9(13-5-8)3-4-14-10-6-12-7-10/h1-2,5,10,12H,3-4,6-7H2. The minimum Gasteiger partial charge on any atom is -0.375 e. The predicted octanol–water partition coefficient (Wildman–Crippen LogP) is 1.37. The van der Waals surface area contributed by atoms with Gasteiger partial charge in [-0.25, -0.2) is 0 Å². The van der Waals surface area contributed by atoms with E-state index in [1.165, 1.54) is 0 Å². The Morgan fingerprint density at radius 3 is 2.93 bits per heavy atom. The summed E-state index contributed by atoms with van der Waals surface area (Å²) >= 11 is 3.36. The molecule has 4 heteroatoms. The van der Waals surface area contributed by atoms with Crippen molar-refractivity contribution in [1.29, 1.82) is 0 Å². The summed E-state index contributed by atoms with van der Waals surface area (Å²) in [5.74, 6) is 0. The summed E-state index contributed by atoms with van der Waals surface area (Å²) in [6.45, 7) is 2.75. The van der Waals surface area contributed by atoms with Crippen LogP contribution in [0.2, 0.25) is 0 Å². The van der Waals surface area contributed by atoms with Crippen molar-refractivity contribution in [1.82, 2.24) is 10.3 Å². The van der Waals surface area contributed by atoms with E-state index in [1.807, 2.05) is 18.3 Å². The largest absolute Gasteiger partial charge is 0.375 e. The molecule has 0 saturated carbocycles. The molecule has 1 aromatic rings. The van der Waals surface area contributed by atoms with Crippen LogP contribution in [0.3, 0.4) is 0 Å². The van der Waals surface area contributed by atoms with Crippen LogP contribution in [0.5, 0.6) is 0 Å². The molecule has 1 aliphatic rings. The third kappa shape index (κ3) is 2.77. The van der Waals surface area contributed by atoms with Crippen molar-refractivity contribution in [3.63, 3.8) is 0 Å². The average molecular weight is 257 g/mol. The van der Waals surface area contributed by atoms with Crippen LogP contribution in [-0.2, 0) is 11.2 Å². The first-order chi connectivity index (χ1) is 6.84. The first kappa shape index (κ1) is 10.1. The lowest BCUT2D eigenvalue weighted by atomic mass is 10.2. The van der Waals surface area contributed by atoms with E-state index in [-0.39, 0.29) is 0 Å². The van der Waals surface area contributed by atoms with Gasteiger partial charge in [-0.15, -0.1) is 0 Å². The number of nitrogens with one attached hydrogen (secondary N) is 1. The summed E-state index contributed by atoms with van der Waals surface area (Å²) in [6, 6.07) is 4.03.